The SMILES string of the molecule is CNc1ccc(Oc2cc(C(=O)OC)nc3cc(OC)ccc23)cc1. The molecule has 1 heterocycles. The standard InChI is InChI=1S/C19H18N2O4/c1-20-12-4-6-13(7-5-12)25-18-11-17(19(22)24-3)21-16-10-14(23-2)8-9-15(16)18/h4-11,20H,1-3H3. The number of fused-ring (bicyclic) bond motifs is 1. The molecule has 0 saturated carbocycles. The first-order valence-corrected chi connectivity index (χ1v) is 7.67. The maximum absolute atomic E-state index is 11.9. The van der Waals surface area contributed by atoms with Gasteiger partial charge in [-0.25, -0.2) is 9.78 Å². The highest BCUT2D eigenvalue weighted by Gasteiger charge is 2.14. The fourth-order valence-corrected chi connectivity index (χ4v) is 2.41. The summed E-state index contributed by atoms with van der Waals surface area (Å²) in [7, 11) is 4.74. The summed E-state index contributed by atoms with van der Waals surface area (Å²) in [5.41, 5.74) is 1.74. The number of rotatable bonds is 5. The molecule has 128 valence electrons. The summed E-state index contributed by atoms with van der Waals surface area (Å²) in [5.74, 6) is 1.29. The molecule has 3 rings (SSSR count). The number of ether oxygens (including phenoxy) is 3. The van der Waals surface area contributed by atoms with Gasteiger partial charge in [0.2, 0.25) is 0 Å². The Labute approximate surface area is 145 Å². The quantitative estimate of drug-likeness (QED) is 0.712. The first-order chi connectivity index (χ1) is 12.1. The average Bonchev–Trinajstić information content (AvgIpc) is 2.67. The van der Waals surface area contributed by atoms with Crippen LogP contribution in [0.3, 0.4) is 0 Å². The molecule has 1 aromatic heterocycles. The normalized spacial score (nSPS) is 10.4. The van der Waals surface area contributed by atoms with Crippen molar-refractivity contribution in [1.29, 1.82) is 0 Å². The van der Waals surface area contributed by atoms with Crippen molar-refractivity contribution in [2.45, 2.75) is 0 Å². The number of pyridine rings is 1. The van der Waals surface area contributed by atoms with E-state index >= 15 is 0 Å². The van der Waals surface area contributed by atoms with Gasteiger partial charge in [0.05, 0.1) is 19.7 Å². The van der Waals surface area contributed by atoms with Crippen LogP contribution in [0.25, 0.3) is 10.9 Å². The predicted octanol–water partition coefficient (Wildman–Crippen LogP) is 3.86. The number of benzene rings is 2. The van der Waals surface area contributed by atoms with Crippen LogP contribution in [0.4, 0.5) is 5.69 Å². The van der Waals surface area contributed by atoms with Gasteiger partial charge < -0.3 is 19.5 Å². The lowest BCUT2D eigenvalue weighted by molar-refractivity contribution is 0.0594. The third-order valence-corrected chi connectivity index (χ3v) is 3.74. The maximum atomic E-state index is 11.9. The molecule has 0 aliphatic carbocycles. The van der Waals surface area contributed by atoms with Gasteiger partial charge in [-0.2, -0.15) is 0 Å². The van der Waals surface area contributed by atoms with Crippen LogP contribution >= 0.6 is 0 Å². The predicted molar refractivity (Wildman–Crippen MR) is 95.7 cm³/mol. The van der Waals surface area contributed by atoms with Crippen LogP contribution in [-0.2, 0) is 4.74 Å². The summed E-state index contributed by atoms with van der Waals surface area (Å²) < 4.78 is 16.0. The van der Waals surface area contributed by atoms with Gasteiger partial charge in [-0.05, 0) is 36.4 Å². The van der Waals surface area contributed by atoms with E-state index in [1.165, 1.54) is 7.11 Å². The molecule has 25 heavy (non-hydrogen) atoms. The molecule has 0 spiro atoms. The largest absolute Gasteiger partial charge is 0.497 e. The van der Waals surface area contributed by atoms with Crippen molar-refractivity contribution in [3.63, 3.8) is 0 Å². The molecule has 6 heteroatoms. The second-order valence-corrected chi connectivity index (χ2v) is 5.26. The lowest BCUT2D eigenvalue weighted by atomic mass is 10.1. The molecular weight excluding hydrogens is 320 g/mol. The Balaban J connectivity index is 2.08. The molecule has 0 saturated heterocycles. The minimum atomic E-state index is -0.528. The minimum Gasteiger partial charge on any atom is -0.497 e. The lowest BCUT2D eigenvalue weighted by Gasteiger charge is -2.12. The van der Waals surface area contributed by atoms with E-state index in [0.29, 0.717) is 22.8 Å². The van der Waals surface area contributed by atoms with Gasteiger partial charge in [-0.3, -0.25) is 0 Å². The van der Waals surface area contributed by atoms with Gasteiger partial charge in [-0.1, -0.05) is 0 Å². The van der Waals surface area contributed by atoms with Gasteiger partial charge >= 0.3 is 5.97 Å². The number of aromatic nitrogens is 1. The van der Waals surface area contributed by atoms with E-state index in [1.54, 1.807) is 19.2 Å². The molecule has 0 radical (unpaired) electrons. The number of methoxy groups -OCH3 is 2. The molecule has 2 aromatic carbocycles. The number of hydrogen-bond acceptors (Lipinski definition) is 6. The van der Waals surface area contributed by atoms with Crippen LogP contribution in [-0.4, -0.2) is 32.2 Å². The monoisotopic (exact) mass is 338 g/mol. The van der Waals surface area contributed by atoms with Crippen molar-refractivity contribution >= 4 is 22.6 Å². The van der Waals surface area contributed by atoms with Crippen LogP contribution in [0, 0.1) is 0 Å². The highest BCUT2D eigenvalue weighted by atomic mass is 16.5. The molecule has 1 N–H and O–H groups in total. The van der Waals surface area contributed by atoms with Crippen LogP contribution in [0.5, 0.6) is 17.2 Å². The Morgan fingerprint density at radius 2 is 1.72 bits per heavy atom. The van der Waals surface area contributed by atoms with Gasteiger partial charge in [0, 0.05) is 30.3 Å². The number of nitrogens with one attached hydrogen (secondary N) is 1. The molecule has 0 aliphatic heterocycles. The molecule has 3 aromatic rings. The maximum Gasteiger partial charge on any atom is 0.356 e. The van der Waals surface area contributed by atoms with E-state index in [0.717, 1.165) is 11.1 Å². The van der Waals surface area contributed by atoms with Crippen LogP contribution < -0.4 is 14.8 Å². The third kappa shape index (κ3) is 3.47. The summed E-state index contributed by atoms with van der Waals surface area (Å²) in [6.07, 6.45) is 0. The summed E-state index contributed by atoms with van der Waals surface area (Å²) >= 11 is 0. The Hall–Kier alpha value is -3.28. The van der Waals surface area contributed by atoms with Gasteiger partial charge in [0.15, 0.2) is 5.69 Å². The molecule has 0 unspecified atom stereocenters. The molecule has 0 aliphatic rings. The highest BCUT2D eigenvalue weighted by molar-refractivity contribution is 5.94. The first kappa shape index (κ1) is 16.6. The summed E-state index contributed by atoms with van der Waals surface area (Å²) in [4.78, 5) is 16.3. The van der Waals surface area contributed by atoms with Crippen molar-refractivity contribution in [3.8, 4) is 17.2 Å². The summed E-state index contributed by atoms with van der Waals surface area (Å²) in [6, 6.07) is 14.5. The Morgan fingerprint density at radius 3 is 2.36 bits per heavy atom. The topological polar surface area (TPSA) is 69.7 Å². The zero-order valence-electron chi connectivity index (χ0n) is 14.2. The number of anilines is 1. The fraction of sp³-hybridized carbons (Fsp3) is 0.158. The van der Waals surface area contributed by atoms with Gasteiger partial charge in [0.25, 0.3) is 0 Å². The zero-order valence-corrected chi connectivity index (χ0v) is 14.2. The summed E-state index contributed by atoms with van der Waals surface area (Å²) in [5, 5.41) is 3.82. The molecule has 0 bridgehead atoms. The van der Waals surface area contributed by atoms with E-state index in [2.05, 4.69) is 10.3 Å². The van der Waals surface area contributed by atoms with E-state index in [4.69, 9.17) is 14.2 Å². The Morgan fingerprint density at radius 1 is 1.00 bits per heavy atom. The lowest BCUT2D eigenvalue weighted by Crippen LogP contribution is -2.05. The molecule has 6 nitrogen and oxygen atoms in total. The molecule has 0 atom stereocenters. The van der Waals surface area contributed by atoms with E-state index in [1.807, 2.05) is 43.4 Å². The highest BCUT2D eigenvalue weighted by Crippen LogP contribution is 2.32. The number of carbonyl (C=O) groups excluding carboxylic acids is 1. The van der Waals surface area contributed by atoms with Crippen LogP contribution in [0.1, 0.15) is 10.5 Å². The van der Waals surface area contributed by atoms with E-state index in [9.17, 15) is 4.79 Å². The molecule has 0 fully saturated rings. The number of hydrogen-bond donors (Lipinski definition) is 1. The molecular formula is C19H18N2O4. The average molecular weight is 338 g/mol. The number of carbonyl (C=O) groups is 1. The van der Waals surface area contributed by atoms with Crippen LogP contribution in [0.15, 0.2) is 48.5 Å². The summed E-state index contributed by atoms with van der Waals surface area (Å²) in [6.45, 7) is 0. The molecule has 0 amide bonds. The zero-order chi connectivity index (χ0) is 17.8. The van der Waals surface area contributed by atoms with E-state index < -0.39 is 5.97 Å². The smallest absolute Gasteiger partial charge is 0.356 e. The van der Waals surface area contributed by atoms with Gasteiger partial charge in [-0.15, -0.1) is 0 Å². The third-order valence-electron chi connectivity index (χ3n) is 3.74. The van der Waals surface area contributed by atoms with Crippen molar-refractivity contribution in [2.24, 2.45) is 0 Å². The van der Waals surface area contributed by atoms with Crippen molar-refractivity contribution in [2.75, 3.05) is 26.6 Å². The number of nitrogens with zero attached hydrogens (tertiary/aromatic N) is 1. The first-order valence-electron chi connectivity index (χ1n) is 7.67. The van der Waals surface area contributed by atoms with Crippen molar-refractivity contribution in [1.82, 2.24) is 4.98 Å². The number of esters is 1. The second kappa shape index (κ2) is 7.09. The van der Waals surface area contributed by atoms with Crippen LogP contribution in [0.2, 0.25) is 0 Å². The second-order valence-electron chi connectivity index (χ2n) is 5.26. The fourth-order valence-electron chi connectivity index (χ4n) is 2.41. The van der Waals surface area contributed by atoms with E-state index in [-0.39, 0.29) is 5.69 Å². The van der Waals surface area contributed by atoms with Crippen molar-refractivity contribution in [3.05, 3.63) is 54.2 Å². The minimum absolute atomic E-state index is 0.171. The van der Waals surface area contributed by atoms with Crippen molar-refractivity contribution < 1.29 is 19.0 Å². The van der Waals surface area contributed by atoms with Gasteiger partial charge in [0.1, 0.15) is 17.2 Å². The Bertz CT molecular complexity index is 907. The Kier molecular flexibility index (Phi) is 4.70.